The fraction of sp³-hybridized carbons (Fsp3) is 0.643. The maximum atomic E-state index is 12.4. The van der Waals surface area contributed by atoms with Crippen molar-refractivity contribution in [1.29, 1.82) is 0 Å². The minimum atomic E-state index is -0.503. The molecular weight excluding hydrogens is 294 g/mol. The van der Waals surface area contributed by atoms with Crippen molar-refractivity contribution < 1.29 is 9.72 Å². The molecule has 2 unspecified atom stereocenters. The highest BCUT2D eigenvalue weighted by molar-refractivity contribution is 6.19. The Morgan fingerprint density at radius 3 is 2.90 bits per heavy atom. The third kappa shape index (κ3) is 3.37. The first-order valence-corrected chi connectivity index (χ1v) is 7.59. The number of hydrogen-bond acceptors (Lipinski definition) is 3. The number of alkyl halides is 1. The van der Waals surface area contributed by atoms with E-state index in [-0.39, 0.29) is 17.3 Å². The number of rotatable bonds is 4. The maximum Gasteiger partial charge on any atom is 0.287 e. The molecular formula is C14H20ClN3O3. The fourth-order valence-corrected chi connectivity index (χ4v) is 3.42. The second kappa shape index (κ2) is 6.05. The predicted octanol–water partition coefficient (Wildman–Crippen LogP) is 2.85. The molecule has 0 aliphatic heterocycles. The fourth-order valence-electron chi connectivity index (χ4n) is 3.11. The molecule has 1 fully saturated rings. The molecule has 0 aromatic carbocycles. The van der Waals surface area contributed by atoms with Gasteiger partial charge in [-0.1, -0.05) is 19.8 Å². The highest BCUT2D eigenvalue weighted by atomic mass is 35.5. The molecule has 7 heteroatoms. The summed E-state index contributed by atoms with van der Waals surface area (Å²) >= 11 is 6.10. The molecule has 0 saturated heterocycles. The average molecular weight is 314 g/mol. The van der Waals surface area contributed by atoms with E-state index in [1.807, 2.05) is 0 Å². The number of nitrogens with one attached hydrogen (secondary N) is 1. The summed E-state index contributed by atoms with van der Waals surface area (Å²) in [5.74, 6) is 0.566. The second-order valence-corrected chi connectivity index (χ2v) is 6.29. The van der Waals surface area contributed by atoms with Gasteiger partial charge in [0.25, 0.3) is 11.6 Å². The Bertz CT molecular complexity index is 558. The molecule has 1 N–H and O–H groups in total. The van der Waals surface area contributed by atoms with Gasteiger partial charge in [-0.25, -0.2) is 0 Å². The van der Waals surface area contributed by atoms with Crippen LogP contribution in [0, 0.1) is 16.0 Å². The normalized spacial score (nSPS) is 25.6. The number of amides is 1. The minimum absolute atomic E-state index is 0.0837. The number of carbonyl (C=O) groups is 1. The lowest BCUT2D eigenvalue weighted by atomic mass is 9.77. The van der Waals surface area contributed by atoms with Crippen LogP contribution in [0.5, 0.6) is 0 Å². The van der Waals surface area contributed by atoms with Gasteiger partial charge in [0.05, 0.1) is 16.7 Å². The van der Waals surface area contributed by atoms with E-state index in [9.17, 15) is 14.9 Å². The zero-order valence-corrected chi connectivity index (χ0v) is 13.0. The molecule has 1 aliphatic rings. The second-order valence-electron chi connectivity index (χ2n) is 6.02. The molecule has 1 aromatic rings. The third-order valence-electron chi connectivity index (χ3n) is 4.16. The van der Waals surface area contributed by atoms with Crippen LogP contribution in [0.15, 0.2) is 12.3 Å². The Morgan fingerprint density at radius 2 is 2.38 bits per heavy atom. The van der Waals surface area contributed by atoms with E-state index in [2.05, 4.69) is 12.2 Å². The van der Waals surface area contributed by atoms with Crippen molar-refractivity contribution in [3.05, 3.63) is 28.1 Å². The number of halogens is 1. The number of aryl methyl sites for hydroxylation is 1. The molecule has 0 spiro atoms. The van der Waals surface area contributed by atoms with E-state index >= 15 is 0 Å². The van der Waals surface area contributed by atoms with Crippen molar-refractivity contribution in [2.75, 3.05) is 5.88 Å². The molecule has 21 heavy (non-hydrogen) atoms. The first kappa shape index (κ1) is 15.8. The SMILES string of the molecule is CC1CCCC(CCl)(NC(=O)c2cc([N+](=O)[O-])cn2C)C1. The zero-order valence-electron chi connectivity index (χ0n) is 12.3. The molecule has 0 bridgehead atoms. The average Bonchev–Trinajstić information content (AvgIpc) is 2.81. The van der Waals surface area contributed by atoms with Crippen molar-refractivity contribution in [2.24, 2.45) is 13.0 Å². The van der Waals surface area contributed by atoms with Crippen molar-refractivity contribution in [3.8, 4) is 0 Å². The molecule has 1 aromatic heterocycles. The van der Waals surface area contributed by atoms with Crippen LogP contribution in [0.4, 0.5) is 5.69 Å². The van der Waals surface area contributed by atoms with Gasteiger partial charge < -0.3 is 9.88 Å². The first-order valence-electron chi connectivity index (χ1n) is 7.06. The first-order chi connectivity index (χ1) is 9.87. The molecule has 0 radical (unpaired) electrons. The van der Waals surface area contributed by atoms with Crippen LogP contribution in [0.2, 0.25) is 0 Å². The topological polar surface area (TPSA) is 77.2 Å². The summed E-state index contributed by atoms with van der Waals surface area (Å²) in [5.41, 5.74) is -0.209. The lowest BCUT2D eigenvalue weighted by molar-refractivity contribution is -0.384. The van der Waals surface area contributed by atoms with E-state index < -0.39 is 10.5 Å². The Labute approximate surface area is 128 Å². The lowest BCUT2D eigenvalue weighted by Gasteiger charge is -2.39. The van der Waals surface area contributed by atoms with Crippen LogP contribution in [0.25, 0.3) is 0 Å². The number of hydrogen-bond donors (Lipinski definition) is 1. The van der Waals surface area contributed by atoms with E-state index in [4.69, 9.17) is 11.6 Å². The quantitative estimate of drug-likeness (QED) is 0.527. The number of aromatic nitrogens is 1. The number of nitro groups is 1. The van der Waals surface area contributed by atoms with Gasteiger partial charge in [0, 0.05) is 19.0 Å². The Balaban J connectivity index is 2.18. The molecule has 116 valence electrons. The van der Waals surface area contributed by atoms with Gasteiger partial charge >= 0.3 is 0 Å². The maximum absolute atomic E-state index is 12.4. The standard InChI is InChI=1S/C14H20ClN3O3/c1-10-4-3-5-14(7-10,9-15)16-13(19)12-6-11(18(20)21)8-17(12)2/h6,8,10H,3-5,7,9H2,1-2H3,(H,16,19). The number of nitrogens with zero attached hydrogens (tertiary/aromatic N) is 2. The summed E-state index contributed by atoms with van der Waals surface area (Å²) in [6.07, 6.45) is 5.20. The Hall–Kier alpha value is -1.56. The van der Waals surface area contributed by atoms with Crippen molar-refractivity contribution in [1.82, 2.24) is 9.88 Å². The van der Waals surface area contributed by atoms with Gasteiger partial charge in [-0.3, -0.25) is 14.9 Å². The zero-order chi connectivity index (χ0) is 15.6. The summed E-state index contributed by atoms with van der Waals surface area (Å²) in [6, 6.07) is 1.30. The van der Waals surface area contributed by atoms with Crippen LogP contribution in [-0.2, 0) is 7.05 Å². The van der Waals surface area contributed by atoms with Gasteiger partial charge in [0.2, 0.25) is 0 Å². The van der Waals surface area contributed by atoms with E-state index in [0.717, 1.165) is 25.7 Å². The molecule has 2 rings (SSSR count). The van der Waals surface area contributed by atoms with E-state index in [1.54, 1.807) is 7.05 Å². The lowest BCUT2D eigenvalue weighted by Crippen LogP contribution is -2.53. The van der Waals surface area contributed by atoms with Crippen LogP contribution >= 0.6 is 11.6 Å². The summed E-state index contributed by atoms with van der Waals surface area (Å²) in [5, 5.41) is 13.8. The number of carbonyl (C=O) groups excluding carboxylic acids is 1. The molecule has 1 heterocycles. The molecule has 2 atom stereocenters. The predicted molar refractivity (Wildman–Crippen MR) is 80.6 cm³/mol. The summed E-state index contributed by atoms with van der Waals surface area (Å²) in [7, 11) is 1.62. The van der Waals surface area contributed by atoms with Gasteiger partial charge in [0.1, 0.15) is 5.69 Å². The summed E-state index contributed by atoms with van der Waals surface area (Å²) < 4.78 is 1.47. The highest BCUT2D eigenvalue weighted by Gasteiger charge is 2.36. The van der Waals surface area contributed by atoms with Gasteiger partial charge in [-0.2, -0.15) is 0 Å². The molecule has 1 saturated carbocycles. The van der Waals surface area contributed by atoms with Crippen LogP contribution in [0.3, 0.4) is 0 Å². The highest BCUT2D eigenvalue weighted by Crippen LogP contribution is 2.33. The van der Waals surface area contributed by atoms with E-state index in [1.165, 1.54) is 16.8 Å². The molecule has 6 nitrogen and oxygen atoms in total. The molecule has 1 aliphatic carbocycles. The summed E-state index contributed by atoms with van der Waals surface area (Å²) in [6.45, 7) is 2.15. The summed E-state index contributed by atoms with van der Waals surface area (Å²) in [4.78, 5) is 22.7. The van der Waals surface area contributed by atoms with Gasteiger partial charge in [0.15, 0.2) is 0 Å². The third-order valence-corrected chi connectivity index (χ3v) is 4.67. The van der Waals surface area contributed by atoms with Gasteiger partial charge in [-0.15, -0.1) is 11.6 Å². The van der Waals surface area contributed by atoms with Crippen LogP contribution in [-0.4, -0.2) is 26.8 Å². The van der Waals surface area contributed by atoms with E-state index in [0.29, 0.717) is 11.8 Å². The minimum Gasteiger partial charge on any atom is -0.344 e. The Morgan fingerprint density at radius 1 is 1.67 bits per heavy atom. The van der Waals surface area contributed by atoms with Crippen molar-refractivity contribution >= 4 is 23.2 Å². The van der Waals surface area contributed by atoms with Crippen molar-refractivity contribution in [3.63, 3.8) is 0 Å². The van der Waals surface area contributed by atoms with Crippen molar-refractivity contribution in [2.45, 2.75) is 38.1 Å². The van der Waals surface area contributed by atoms with Crippen LogP contribution in [0.1, 0.15) is 43.1 Å². The molecule has 1 amide bonds. The van der Waals surface area contributed by atoms with Crippen LogP contribution < -0.4 is 5.32 Å². The largest absolute Gasteiger partial charge is 0.344 e. The van der Waals surface area contributed by atoms with Gasteiger partial charge in [-0.05, 0) is 18.8 Å². The Kier molecular flexibility index (Phi) is 4.56. The monoisotopic (exact) mass is 313 g/mol. The smallest absolute Gasteiger partial charge is 0.287 e.